The van der Waals surface area contributed by atoms with Gasteiger partial charge in [0.2, 0.25) is 0 Å². The predicted octanol–water partition coefficient (Wildman–Crippen LogP) is 3.88. The van der Waals surface area contributed by atoms with Gasteiger partial charge in [-0.05, 0) is 64.0 Å². The van der Waals surface area contributed by atoms with E-state index < -0.39 is 0 Å². The second-order valence-electron chi connectivity index (χ2n) is 7.32. The molecule has 0 amide bonds. The average Bonchev–Trinajstić information content (AvgIpc) is 2.56. The zero-order valence-corrected chi connectivity index (χ0v) is 15.1. The second-order valence-corrected chi connectivity index (χ2v) is 7.32. The Morgan fingerprint density at radius 3 is 2.73 bits per heavy atom. The Hall–Kier alpha value is -0.410. The van der Waals surface area contributed by atoms with Gasteiger partial charge in [0.1, 0.15) is 0 Å². The number of nitrogens with zero attached hydrogens (tertiary/aromatic N) is 2. The third-order valence-electron chi connectivity index (χ3n) is 5.60. The molecule has 1 aliphatic carbocycles. The summed E-state index contributed by atoms with van der Waals surface area (Å²) in [5.74, 6) is 0.816. The summed E-state index contributed by atoms with van der Waals surface area (Å²) in [6.45, 7) is 11.7. The van der Waals surface area contributed by atoms with Crippen LogP contribution in [0.1, 0.15) is 72.1 Å². The van der Waals surface area contributed by atoms with E-state index in [1.807, 2.05) is 0 Å². The molecular weight excluding hydrogens is 270 g/mol. The van der Waals surface area contributed by atoms with Gasteiger partial charge in [0.15, 0.2) is 0 Å². The molecule has 1 fully saturated rings. The van der Waals surface area contributed by atoms with Gasteiger partial charge in [-0.1, -0.05) is 27.2 Å². The van der Waals surface area contributed by atoms with Gasteiger partial charge in [0.25, 0.3) is 0 Å². The van der Waals surface area contributed by atoms with Gasteiger partial charge in [-0.2, -0.15) is 0 Å². The van der Waals surface area contributed by atoms with Crippen molar-refractivity contribution in [1.29, 1.82) is 0 Å². The van der Waals surface area contributed by atoms with E-state index in [4.69, 9.17) is 0 Å². The average molecular weight is 308 g/mol. The Morgan fingerprint density at radius 2 is 2.09 bits per heavy atom. The van der Waals surface area contributed by atoms with E-state index in [9.17, 15) is 0 Å². The van der Waals surface area contributed by atoms with E-state index in [1.54, 1.807) is 0 Å². The van der Waals surface area contributed by atoms with E-state index >= 15 is 0 Å². The fourth-order valence-electron chi connectivity index (χ4n) is 4.19. The molecule has 1 heterocycles. The van der Waals surface area contributed by atoms with Crippen molar-refractivity contribution in [2.75, 3.05) is 26.2 Å². The van der Waals surface area contributed by atoms with Crippen LogP contribution in [-0.2, 0) is 0 Å². The maximum absolute atomic E-state index is 4.67. The van der Waals surface area contributed by atoms with Crippen molar-refractivity contribution in [2.45, 2.75) is 84.2 Å². The number of nitrogens with one attached hydrogen (secondary N) is 1. The molecule has 0 aromatic heterocycles. The molecule has 3 unspecified atom stereocenters. The van der Waals surface area contributed by atoms with Crippen LogP contribution in [0.4, 0.5) is 0 Å². The van der Waals surface area contributed by atoms with Crippen molar-refractivity contribution in [3.63, 3.8) is 0 Å². The zero-order valence-electron chi connectivity index (χ0n) is 15.1. The molecule has 22 heavy (non-hydrogen) atoms. The Bertz CT molecular complexity index is 340. The first-order valence-corrected chi connectivity index (χ1v) is 9.74. The molecule has 3 nitrogen and oxygen atoms in total. The van der Waals surface area contributed by atoms with E-state index in [1.165, 1.54) is 70.2 Å². The third kappa shape index (κ3) is 5.34. The number of hydrogen-bond donors (Lipinski definition) is 1. The van der Waals surface area contributed by atoms with Crippen LogP contribution in [0.3, 0.4) is 0 Å². The normalized spacial score (nSPS) is 29.6. The standard InChI is InChI=1S/C19H37N3/c1-4-6-13-22(5-2)19-11-10-17(14-16(19)3)21-15-18-9-7-8-12-20-18/h16-17,19,21H,4-15H2,1-3H3. The molecule has 0 radical (unpaired) electrons. The molecule has 1 saturated carbocycles. The SMILES string of the molecule is CCCCN(CC)C1CCC(NCC2=NCCCC2)CC1C. The van der Waals surface area contributed by atoms with Gasteiger partial charge in [0.05, 0.1) is 0 Å². The molecule has 2 rings (SSSR count). The van der Waals surface area contributed by atoms with Gasteiger partial charge in [-0.15, -0.1) is 0 Å². The lowest BCUT2D eigenvalue weighted by Gasteiger charge is -2.41. The molecule has 0 aromatic rings. The topological polar surface area (TPSA) is 27.6 Å². The Morgan fingerprint density at radius 1 is 1.23 bits per heavy atom. The van der Waals surface area contributed by atoms with Crippen molar-refractivity contribution in [3.8, 4) is 0 Å². The fraction of sp³-hybridized carbons (Fsp3) is 0.947. The lowest BCUT2D eigenvalue weighted by molar-refractivity contribution is 0.102. The number of rotatable bonds is 8. The van der Waals surface area contributed by atoms with Crippen LogP contribution in [0.2, 0.25) is 0 Å². The van der Waals surface area contributed by atoms with Crippen LogP contribution in [0, 0.1) is 5.92 Å². The Balaban J connectivity index is 1.75. The molecule has 0 saturated heterocycles. The molecule has 128 valence electrons. The fourth-order valence-corrected chi connectivity index (χ4v) is 4.19. The lowest BCUT2D eigenvalue weighted by Crippen LogP contribution is -2.48. The summed E-state index contributed by atoms with van der Waals surface area (Å²) in [4.78, 5) is 7.40. The monoisotopic (exact) mass is 307 g/mol. The molecule has 0 spiro atoms. The van der Waals surface area contributed by atoms with Crippen molar-refractivity contribution in [3.05, 3.63) is 0 Å². The first-order chi connectivity index (χ1) is 10.7. The maximum atomic E-state index is 4.67. The van der Waals surface area contributed by atoms with E-state index in [0.29, 0.717) is 6.04 Å². The van der Waals surface area contributed by atoms with Gasteiger partial charge >= 0.3 is 0 Å². The summed E-state index contributed by atoms with van der Waals surface area (Å²) < 4.78 is 0. The molecule has 1 aliphatic heterocycles. The molecule has 2 aliphatic rings. The molecule has 1 N–H and O–H groups in total. The van der Waals surface area contributed by atoms with Crippen LogP contribution in [-0.4, -0.2) is 48.9 Å². The predicted molar refractivity (Wildman–Crippen MR) is 96.9 cm³/mol. The zero-order chi connectivity index (χ0) is 15.8. The van der Waals surface area contributed by atoms with Crippen LogP contribution in [0.15, 0.2) is 4.99 Å². The molecule has 0 bridgehead atoms. The van der Waals surface area contributed by atoms with Gasteiger partial charge < -0.3 is 10.2 Å². The summed E-state index contributed by atoms with van der Waals surface area (Å²) in [6, 6.07) is 1.52. The van der Waals surface area contributed by atoms with Crippen molar-refractivity contribution in [2.24, 2.45) is 10.9 Å². The van der Waals surface area contributed by atoms with E-state index in [0.717, 1.165) is 25.0 Å². The molecule has 0 aromatic carbocycles. The lowest BCUT2D eigenvalue weighted by atomic mass is 9.81. The van der Waals surface area contributed by atoms with E-state index in [-0.39, 0.29) is 0 Å². The van der Waals surface area contributed by atoms with Crippen LogP contribution in [0.25, 0.3) is 0 Å². The van der Waals surface area contributed by atoms with Crippen LogP contribution in [0.5, 0.6) is 0 Å². The van der Waals surface area contributed by atoms with Crippen molar-refractivity contribution in [1.82, 2.24) is 10.2 Å². The molecule has 3 atom stereocenters. The van der Waals surface area contributed by atoms with E-state index in [2.05, 4.69) is 36.0 Å². The number of unbranched alkanes of at least 4 members (excludes halogenated alkanes) is 1. The summed E-state index contributed by atoms with van der Waals surface area (Å²) in [7, 11) is 0. The Labute approximate surface area is 138 Å². The van der Waals surface area contributed by atoms with Gasteiger partial charge in [-0.3, -0.25) is 4.99 Å². The smallest absolute Gasteiger partial charge is 0.0389 e. The van der Waals surface area contributed by atoms with Crippen molar-refractivity contribution < 1.29 is 0 Å². The van der Waals surface area contributed by atoms with Crippen LogP contribution < -0.4 is 5.32 Å². The highest BCUT2D eigenvalue weighted by Crippen LogP contribution is 2.28. The third-order valence-corrected chi connectivity index (χ3v) is 5.60. The first-order valence-electron chi connectivity index (χ1n) is 9.74. The molecular formula is C19H37N3. The van der Waals surface area contributed by atoms with Gasteiger partial charge in [-0.25, -0.2) is 0 Å². The van der Waals surface area contributed by atoms with Gasteiger partial charge in [0, 0.05) is 30.9 Å². The maximum Gasteiger partial charge on any atom is 0.0389 e. The van der Waals surface area contributed by atoms with Crippen LogP contribution >= 0.6 is 0 Å². The summed E-state index contributed by atoms with van der Waals surface area (Å²) in [6.07, 6.45) is 10.5. The first kappa shape index (κ1) is 17.9. The highest BCUT2D eigenvalue weighted by atomic mass is 15.2. The summed E-state index contributed by atoms with van der Waals surface area (Å²) in [5.41, 5.74) is 1.42. The summed E-state index contributed by atoms with van der Waals surface area (Å²) in [5, 5.41) is 3.79. The minimum atomic E-state index is 0.709. The minimum Gasteiger partial charge on any atom is -0.309 e. The largest absolute Gasteiger partial charge is 0.309 e. The number of aliphatic imine (C=N–C) groups is 1. The number of hydrogen-bond acceptors (Lipinski definition) is 3. The minimum absolute atomic E-state index is 0.709. The second kappa shape index (κ2) is 9.67. The Kier molecular flexibility index (Phi) is 7.88. The molecule has 3 heteroatoms. The highest BCUT2D eigenvalue weighted by molar-refractivity contribution is 5.86. The quantitative estimate of drug-likeness (QED) is 0.737. The van der Waals surface area contributed by atoms with Crippen molar-refractivity contribution >= 4 is 5.71 Å². The highest BCUT2D eigenvalue weighted by Gasteiger charge is 2.30. The summed E-state index contributed by atoms with van der Waals surface area (Å²) >= 11 is 0.